The molecule has 1 N–H and O–H groups in total. The van der Waals surface area contributed by atoms with Gasteiger partial charge in [0.05, 0.1) is 11.0 Å². The molecule has 22 heavy (non-hydrogen) atoms. The Balaban J connectivity index is 1.98. The number of nitrogens with zero attached hydrogens (tertiary/aromatic N) is 2. The van der Waals surface area contributed by atoms with Gasteiger partial charge in [-0.2, -0.15) is 0 Å². The van der Waals surface area contributed by atoms with Crippen LogP contribution in [0, 0.1) is 16.0 Å². The minimum absolute atomic E-state index is 0.119. The van der Waals surface area contributed by atoms with Gasteiger partial charge in [0.25, 0.3) is 5.69 Å². The second-order valence-corrected chi connectivity index (χ2v) is 6.30. The van der Waals surface area contributed by atoms with Crippen LogP contribution in [0.3, 0.4) is 0 Å². The van der Waals surface area contributed by atoms with Crippen molar-refractivity contribution >= 4 is 11.9 Å². The molecule has 0 heterocycles. The molecule has 1 saturated carbocycles. The smallest absolute Gasteiger partial charge is 0.269 e. The zero-order chi connectivity index (χ0) is 15.9. The highest BCUT2D eigenvalue weighted by atomic mass is 16.6. The van der Waals surface area contributed by atoms with E-state index >= 15 is 0 Å². The maximum absolute atomic E-state index is 10.7. The van der Waals surface area contributed by atoms with Crippen molar-refractivity contribution in [1.82, 2.24) is 5.32 Å². The monoisotopic (exact) mass is 303 g/mol. The zero-order valence-electron chi connectivity index (χ0n) is 13.4. The molecule has 1 fully saturated rings. The van der Waals surface area contributed by atoms with Crippen molar-refractivity contribution in [3.05, 3.63) is 39.9 Å². The fourth-order valence-electron chi connectivity index (χ4n) is 2.87. The Morgan fingerprint density at radius 1 is 1.32 bits per heavy atom. The van der Waals surface area contributed by atoms with Gasteiger partial charge in [0, 0.05) is 30.9 Å². The highest BCUT2D eigenvalue weighted by Crippen LogP contribution is 2.26. The number of non-ortho nitro benzene ring substituents is 1. The Morgan fingerprint density at radius 2 is 2.00 bits per heavy atom. The molecule has 5 nitrogen and oxygen atoms in total. The van der Waals surface area contributed by atoms with Crippen LogP contribution in [0.4, 0.5) is 5.69 Å². The van der Waals surface area contributed by atoms with E-state index in [-0.39, 0.29) is 10.6 Å². The van der Waals surface area contributed by atoms with Gasteiger partial charge in [0.1, 0.15) is 0 Å². The zero-order valence-corrected chi connectivity index (χ0v) is 13.4. The summed E-state index contributed by atoms with van der Waals surface area (Å²) in [5.41, 5.74) is 1.04. The molecule has 2 atom stereocenters. The Hall–Kier alpha value is -1.75. The SMILES string of the molecule is CC(C)NC[C@@H]1CCCC[C@@H]1N=Cc1ccc([N+](=O)[O-])cc1. The fraction of sp³-hybridized carbons (Fsp3) is 0.588. The van der Waals surface area contributed by atoms with E-state index in [1.54, 1.807) is 12.1 Å². The maximum atomic E-state index is 10.7. The van der Waals surface area contributed by atoms with Crippen molar-refractivity contribution in [3.8, 4) is 0 Å². The van der Waals surface area contributed by atoms with Gasteiger partial charge in [0.15, 0.2) is 0 Å². The van der Waals surface area contributed by atoms with Crippen molar-refractivity contribution in [3.63, 3.8) is 0 Å². The average Bonchev–Trinajstić information content (AvgIpc) is 2.52. The van der Waals surface area contributed by atoms with E-state index in [1.165, 1.54) is 31.4 Å². The highest BCUT2D eigenvalue weighted by molar-refractivity contribution is 5.80. The first-order chi connectivity index (χ1) is 10.6. The number of benzene rings is 1. The summed E-state index contributed by atoms with van der Waals surface area (Å²) in [6, 6.07) is 7.42. The number of nitrogens with one attached hydrogen (secondary N) is 1. The predicted molar refractivity (Wildman–Crippen MR) is 89.6 cm³/mol. The summed E-state index contributed by atoms with van der Waals surface area (Å²) in [7, 11) is 0. The largest absolute Gasteiger partial charge is 0.314 e. The molecule has 1 aromatic carbocycles. The summed E-state index contributed by atoms with van der Waals surface area (Å²) in [6.45, 7) is 5.34. The Kier molecular flexibility index (Phi) is 6.07. The number of hydrogen-bond acceptors (Lipinski definition) is 4. The molecule has 1 aliphatic rings. The third kappa shape index (κ3) is 4.91. The van der Waals surface area contributed by atoms with Crippen LogP contribution in [0.1, 0.15) is 45.1 Å². The maximum Gasteiger partial charge on any atom is 0.269 e. The molecule has 0 aromatic heterocycles. The lowest BCUT2D eigenvalue weighted by Crippen LogP contribution is -2.36. The Morgan fingerprint density at radius 3 is 2.64 bits per heavy atom. The molecule has 1 aliphatic carbocycles. The van der Waals surface area contributed by atoms with E-state index in [0.29, 0.717) is 18.0 Å². The number of rotatable bonds is 6. The van der Waals surface area contributed by atoms with Crippen LogP contribution in [-0.4, -0.2) is 29.8 Å². The quantitative estimate of drug-likeness (QED) is 0.496. The van der Waals surface area contributed by atoms with Gasteiger partial charge < -0.3 is 5.32 Å². The van der Waals surface area contributed by atoms with Crippen molar-refractivity contribution in [2.75, 3.05) is 6.54 Å². The van der Waals surface area contributed by atoms with Gasteiger partial charge in [-0.05, 0) is 36.5 Å². The normalized spacial score (nSPS) is 22.3. The summed E-state index contributed by atoms with van der Waals surface area (Å²) in [5.74, 6) is 0.588. The second kappa shape index (κ2) is 8.03. The van der Waals surface area contributed by atoms with Gasteiger partial charge >= 0.3 is 0 Å². The summed E-state index contributed by atoms with van der Waals surface area (Å²) in [5, 5.41) is 14.2. The van der Waals surface area contributed by atoms with Crippen LogP contribution in [0.2, 0.25) is 0 Å². The van der Waals surface area contributed by atoms with Crippen LogP contribution in [-0.2, 0) is 0 Å². The second-order valence-electron chi connectivity index (χ2n) is 6.30. The molecule has 5 heteroatoms. The first-order valence-electron chi connectivity index (χ1n) is 8.07. The summed E-state index contributed by atoms with van der Waals surface area (Å²) in [4.78, 5) is 15.0. The molecular weight excluding hydrogens is 278 g/mol. The van der Waals surface area contributed by atoms with Gasteiger partial charge in [0.2, 0.25) is 0 Å². The highest BCUT2D eigenvalue weighted by Gasteiger charge is 2.24. The number of nitro groups is 1. The predicted octanol–water partition coefficient (Wildman–Crippen LogP) is 3.57. The van der Waals surface area contributed by atoms with E-state index in [2.05, 4.69) is 19.2 Å². The van der Waals surface area contributed by atoms with E-state index < -0.39 is 0 Å². The lowest BCUT2D eigenvalue weighted by Gasteiger charge is -2.29. The molecule has 0 amide bonds. The van der Waals surface area contributed by atoms with Crippen LogP contribution < -0.4 is 5.32 Å². The molecular formula is C17H25N3O2. The Labute approximate surface area is 132 Å². The summed E-state index contributed by atoms with van der Waals surface area (Å²) in [6.07, 6.45) is 6.74. The molecule has 0 radical (unpaired) electrons. The van der Waals surface area contributed by atoms with Crippen molar-refractivity contribution in [1.29, 1.82) is 0 Å². The van der Waals surface area contributed by atoms with Crippen molar-refractivity contribution < 1.29 is 4.92 Å². The third-order valence-electron chi connectivity index (χ3n) is 4.18. The Bertz CT molecular complexity index is 511. The van der Waals surface area contributed by atoms with Crippen molar-refractivity contribution in [2.24, 2.45) is 10.9 Å². The van der Waals surface area contributed by atoms with E-state index in [9.17, 15) is 10.1 Å². The van der Waals surface area contributed by atoms with Gasteiger partial charge in [-0.1, -0.05) is 26.7 Å². The first kappa shape index (κ1) is 16.6. The topological polar surface area (TPSA) is 67.5 Å². The van der Waals surface area contributed by atoms with Crippen molar-refractivity contribution in [2.45, 2.75) is 51.6 Å². The van der Waals surface area contributed by atoms with Crippen LogP contribution in [0.15, 0.2) is 29.3 Å². The van der Waals surface area contributed by atoms with Crippen LogP contribution in [0.25, 0.3) is 0 Å². The molecule has 120 valence electrons. The average molecular weight is 303 g/mol. The first-order valence-corrected chi connectivity index (χ1v) is 8.07. The summed E-state index contributed by atoms with van der Waals surface area (Å²) >= 11 is 0. The van der Waals surface area contributed by atoms with Gasteiger partial charge in [-0.25, -0.2) is 0 Å². The van der Waals surface area contributed by atoms with E-state index in [4.69, 9.17) is 4.99 Å². The minimum Gasteiger partial charge on any atom is -0.314 e. The molecule has 2 rings (SSSR count). The lowest BCUT2D eigenvalue weighted by molar-refractivity contribution is -0.384. The van der Waals surface area contributed by atoms with E-state index in [1.807, 2.05) is 6.21 Å². The molecule has 1 aromatic rings. The minimum atomic E-state index is -0.379. The lowest BCUT2D eigenvalue weighted by atomic mass is 9.84. The van der Waals surface area contributed by atoms with Crippen LogP contribution >= 0.6 is 0 Å². The molecule has 0 spiro atoms. The van der Waals surface area contributed by atoms with Gasteiger partial charge in [-0.15, -0.1) is 0 Å². The van der Waals surface area contributed by atoms with Crippen LogP contribution in [0.5, 0.6) is 0 Å². The molecule has 0 aliphatic heterocycles. The number of aliphatic imine (C=N–C) groups is 1. The fourth-order valence-corrected chi connectivity index (χ4v) is 2.87. The third-order valence-corrected chi connectivity index (χ3v) is 4.18. The standard InChI is InChI=1S/C17H25N3O2/c1-13(2)18-12-15-5-3-4-6-17(15)19-11-14-7-9-16(10-8-14)20(21)22/h7-11,13,15,17-18H,3-6,12H2,1-2H3/t15-,17-/m0/s1. The molecule has 0 unspecified atom stereocenters. The molecule has 0 saturated heterocycles. The number of nitro benzene ring substituents is 1. The summed E-state index contributed by atoms with van der Waals surface area (Å²) < 4.78 is 0. The number of hydrogen-bond donors (Lipinski definition) is 1. The van der Waals surface area contributed by atoms with Gasteiger partial charge in [-0.3, -0.25) is 15.1 Å². The molecule has 0 bridgehead atoms. The van der Waals surface area contributed by atoms with E-state index in [0.717, 1.165) is 18.5 Å².